The molecule has 16 heavy (non-hydrogen) atoms. The molecule has 0 fully saturated rings. The maximum atomic E-state index is 11.0. The van der Waals surface area contributed by atoms with Gasteiger partial charge in [0.2, 0.25) is 0 Å². The van der Waals surface area contributed by atoms with Gasteiger partial charge in [0.15, 0.2) is 5.69 Å². The van der Waals surface area contributed by atoms with Gasteiger partial charge < -0.3 is 16.0 Å². The Labute approximate surface area is 91.2 Å². The standard InChI is InChI=1S/C10H11N3O3/c11-3-1-6-7-5-13(16)4-2-8(7)12-9(6)10(14)15/h2,4-5,16H,1,3,11H2,(H,14,15). The first-order chi connectivity index (χ1) is 7.63. The van der Waals surface area contributed by atoms with E-state index in [-0.39, 0.29) is 5.69 Å². The van der Waals surface area contributed by atoms with Gasteiger partial charge >= 0.3 is 5.97 Å². The summed E-state index contributed by atoms with van der Waals surface area (Å²) in [5, 5.41) is 18.3. The highest BCUT2D eigenvalue weighted by Crippen LogP contribution is 2.28. The van der Waals surface area contributed by atoms with Crippen molar-refractivity contribution in [3.05, 3.63) is 29.7 Å². The van der Waals surface area contributed by atoms with Crippen molar-refractivity contribution in [1.29, 1.82) is 0 Å². The number of carboxylic acid groups (broad SMARTS) is 1. The van der Waals surface area contributed by atoms with Gasteiger partial charge in [0.25, 0.3) is 0 Å². The topological polar surface area (TPSA) is 101 Å². The molecule has 0 saturated heterocycles. The molecule has 0 aromatic heterocycles. The Kier molecular flexibility index (Phi) is 2.49. The lowest BCUT2D eigenvalue weighted by Crippen LogP contribution is -2.08. The highest BCUT2D eigenvalue weighted by atomic mass is 16.5. The van der Waals surface area contributed by atoms with Crippen molar-refractivity contribution in [1.82, 2.24) is 9.71 Å². The van der Waals surface area contributed by atoms with Crippen molar-refractivity contribution in [2.75, 3.05) is 6.54 Å². The van der Waals surface area contributed by atoms with Gasteiger partial charge in [0, 0.05) is 11.8 Å². The summed E-state index contributed by atoms with van der Waals surface area (Å²) in [6.45, 7) is 0.335. The number of carboxylic acids is 1. The molecule has 0 bridgehead atoms. The zero-order valence-corrected chi connectivity index (χ0v) is 8.42. The summed E-state index contributed by atoms with van der Waals surface area (Å²) in [6, 6.07) is 1.56. The normalized spacial score (nSPS) is 10.8. The molecular weight excluding hydrogens is 210 g/mol. The van der Waals surface area contributed by atoms with E-state index in [0.717, 1.165) is 4.73 Å². The summed E-state index contributed by atoms with van der Waals surface area (Å²) in [6.07, 6.45) is 3.25. The van der Waals surface area contributed by atoms with Crippen LogP contribution in [0.1, 0.15) is 16.1 Å². The van der Waals surface area contributed by atoms with Crippen molar-refractivity contribution in [2.45, 2.75) is 6.42 Å². The summed E-state index contributed by atoms with van der Waals surface area (Å²) in [5.41, 5.74) is 7.16. The predicted molar refractivity (Wildman–Crippen MR) is 55.8 cm³/mol. The Bertz CT molecular complexity index is 506. The van der Waals surface area contributed by atoms with E-state index < -0.39 is 5.97 Å². The number of hydrogen-bond acceptors (Lipinski definition) is 4. The molecule has 0 amide bonds. The average Bonchev–Trinajstić information content (AvgIpc) is 2.58. The number of fused-ring (bicyclic) bond motifs is 1. The van der Waals surface area contributed by atoms with Gasteiger partial charge in [-0.15, -0.1) is 0 Å². The van der Waals surface area contributed by atoms with Gasteiger partial charge in [-0.05, 0) is 24.6 Å². The number of carbonyl (C=O) groups is 1. The molecule has 0 radical (unpaired) electrons. The van der Waals surface area contributed by atoms with Gasteiger partial charge in [-0.25, -0.2) is 14.5 Å². The van der Waals surface area contributed by atoms with Gasteiger partial charge in [-0.2, -0.15) is 0 Å². The molecule has 0 aliphatic carbocycles. The third kappa shape index (κ3) is 1.59. The number of nitrogens with two attached hydrogens (primary N) is 1. The highest BCUT2D eigenvalue weighted by Gasteiger charge is 2.21. The monoisotopic (exact) mass is 221 g/mol. The highest BCUT2D eigenvalue weighted by molar-refractivity contribution is 5.91. The summed E-state index contributed by atoms with van der Waals surface area (Å²) in [7, 11) is 0. The van der Waals surface area contributed by atoms with E-state index in [0.29, 0.717) is 29.8 Å². The third-order valence-electron chi connectivity index (χ3n) is 2.36. The Morgan fingerprint density at radius 1 is 1.56 bits per heavy atom. The van der Waals surface area contributed by atoms with E-state index in [1.54, 1.807) is 6.07 Å². The summed E-state index contributed by atoms with van der Waals surface area (Å²) >= 11 is 0. The quantitative estimate of drug-likeness (QED) is 0.652. The number of rotatable bonds is 3. The lowest BCUT2D eigenvalue weighted by Gasteiger charge is -2.03. The molecule has 2 aliphatic heterocycles. The minimum absolute atomic E-state index is 0.00616. The molecular formula is C10H11N3O3. The van der Waals surface area contributed by atoms with Crippen LogP contribution in [-0.2, 0) is 6.42 Å². The van der Waals surface area contributed by atoms with E-state index >= 15 is 0 Å². The molecule has 0 spiro atoms. The van der Waals surface area contributed by atoms with E-state index in [1.807, 2.05) is 0 Å². The van der Waals surface area contributed by atoms with E-state index in [4.69, 9.17) is 10.8 Å². The Balaban J connectivity index is 2.66. The second kappa shape index (κ2) is 3.82. The van der Waals surface area contributed by atoms with Gasteiger partial charge in [-0.3, -0.25) is 0 Å². The van der Waals surface area contributed by atoms with Crippen LogP contribution in [0.15, 0.2) is 18.5 Å². The molecule has 2 heterocycles. The fourth-order valence-electron chi connectivity index (χ4n) is 1.70. The lowest BCUT2D eigenvalue weighted by molar-refractivity contribution is 0.0690. The number of nitrogens with zero attached hydrogens (tertiary/aromatic N) is 2. The van der Waals surface area contributed by atoms with Crippen molar-refractivity contribution in [3.8, 4) is 11.3 Å². The van der Waals surface area contributed by atoms with Crippen LogP contribution < -0.4 is 5.73 Å². The van der Waals surface area contributed by atoms with Crippen LogP contribution in [0.4, 0.5) is 0 Å². The van der Waals surface area contributed by atoms with Crippen LogP contribution in [-0.4, -0.2) is 32.5 Å². The van der Waals surface area contributed by atoms with Gasteiger partial charge in [0.05, 0.1) is 11.9 Å². The van der Waals surface area contributed by atoms with Crippen LogP contribution in [0, 0.1) is 0 Å². The van der Waals surface area contributed by atoms with E-state index in [2.05, 4.69) is 4.98 Å². The van der Waals surface area contributed by atoms with Crippen LogP contribution >= 0.6 is 0 Å². The largest absolute Gasteiger partial charge is 0.477 e. The number of aromatic carboxylic acids is 1. The minimum Gasteiger partial charge on any atom is -0.477 e. The molecule has 84 valence electrons. The van der Waals surface area contributed by atoms with Crippen molar-refractivity contribution < 1.29 is 15.1 Å². The van der Waals surface area contributed by atoms with Crippen molar-refractivity contribution in [2.24, 2.45) is 5.73 Å². The van der Waals surface area contributed by atoms with E-state index in [9.17, 15) is 10.0 Å². The second-order valence-corrected chi connectivity index (χ2v) is 3.41. The molecule has 0 atom stereocenters. The van der Waals surface area contributed by atoms with E-state index in [1.165, 1.54) is 12.4 Å². The van der Waals surface area contributed by atoms with Crippen LogP contribution in [0.5, 0.6) is 0 Å². The number of hydrogen-bond donors (Lipinski definition) is 3. The maximum absolute atomic E-state index is 11.0. The molecule has 2 rings (SSSR count). The summed E-state index contributed by atoms with van der Waals surface area (Å²) in [4.78, 5) is 15.0. The Morgan fingerprint density at radius 2 is 2.31 bits per heavy atom. The predicted octanol–water partition coefficient (Wildman–Crippen LogP) is 0.425. The number of pyridine rings is 1. The summed E-state index contributed by atoms with van der Waals surface area (Å²) in [5.74, 6) is -1.08. The smallest absolute Gasteiger partial charge is 0.354 e. The number of aromatic nitrogens is 2. The van der Waals surface area contributed by atoms with Crippen molar-refractivity contribution in [3.63, 3.8) is 0 Å². The molecule has 0 aromatic rings. The first-order valence-corrected chi connectivity index (χ1v) is 4.76. The molecule has 6 nitrogen and oxygen atoms in total. The SMILES string of the molecule is NCCc1c2cn(O)ccc-2nc1C(=O)O. The fraction of sp³-hybridized carbons (Fsp3) is 0.200. The van der Waals surface area contributed by atoms with Gasteiger partial charge in [-0.1, -0.05) is 0 Å². The molecule has 0 aromatic carbocycles. The average molecular weight is 221 g/mol. The molecule has 4 N–H and O–H groups in total. The third-order valence-corrected chi connectivity index (χ3v) is 2.36. The zero-order valence-electron chi connectivity index (χ0n) is 8.42. The second-order valence-electron chi connectivity index (χ2n) is 3.41. The van der Waals surface area contributed by atoms with Crippen molar-refractivity contribution >= 4 is 5.97 Å². The molecule has 6 heteroatoms. The summed E-state index contributed by atoms with van der Waals surface area (Å²) < 4.78 is 0.871. The fourth-order valence-corrected chi connectivity index (χ4v) is 1.70. The lowest BCUT2D eigenvalue weighted by atomic mass is 10.1. The molecule has 0 saturated carbocycles. The molecule has 2 aliphatic rings. The Morgan fingerprint density at radius 3 is 2.94 bits per heavy atom. The zero-order chi connectivity index (χ0) is 11.7. The first kappa shape index (κ1) is 10.4. The molecule has 0 unspecified atom stereocenters. The van der Waals surface area contributed by atoms with Gasteiger partial charge in [0.1, 0.15) is 0 Å². The Hall–Kier alpha value is -2.08. The first-order valence-electron chi connectivity index (χ1n) is 4.76. The van der Waals surface area contributed by atoms with Crippen LogP contribution in [0.3, 0.4) is 0 Å². The van der Waals surface area contributed by atoms with Crippen LogP contribution in [0.2, 0.25) is 0 Å². The van der Waals surface area contributed by atoms with Crippen LogP contribution in [0.25, 0.3) is 11.3 Å². The minimum atomic E-state index is -1.08. The maximum Gasteiger partial charge on any atom is 0.354 e.